The fourth-order valence-corrected chi connectivity index (χ4v) is 2.18. The molecular formula is C18H22F3IN4O. The number of para-hydroxylation sites is 1. The zero-order valence-corrected chi connectivity index (χ0v) is 17.1. The highest BCUT2D eigenvalue weighted by Gasteiger charge is 2.28. The van der Waals surface area contributed by atoms with E-state index in [1.807, 2.05) is 30.3 Å². The second-order valence-electron chi connectivity index (χ2n) is 5.69. The average molecular weight is 494 g/mol. The van der Waals surface area contributed by atoms with Crippen LogP contribution in [0.15, 0.2) is 59.6 Å². The predicted octanol–water partition coefficient (Wildman–Crippen LogP) is 4.32. The van der Waals surface area contributed by atoms with Gasteiger partial charge in [-0.2, -0.15) is 13.2 Å². The molecule has 148 valence electrons. The van der Waals surface area contributed by atoms with E-state index in [2.05, 4.69) is 10.3 Å². The summed E-state index contributed by atoms with van der Waals surface area (Å²) in [5, 5.41) is 2.90. The molecule has 5 nitrogen and oxygen atoms in total. The summed E-state index contributed by atoms with van der Waals surface area (Å²) < 4.78 is 42.5. The third-order valence-electron chi connectivity index (χ3n) is 3.30. The van der Waals surface area contributed by atoms with Crippen molar-refractivity contribution in [2.75, 3.05) is 32.0 Å². The molecule has 2 aromatic carbocycles. The fraction of sp³-hybridized carbons (Fsp3) is 0.278. The molecule has 0 heterocycles. The van der Waals surface area contributed by atoms with Crippen LogP contribution in [-0.4, -0.2) is 43.7 Å². The van der Waals surface area contributed by atoms with E-state index in [4.69, 9.17) is 10.5 Å². The van der Waals surface area contributed by atoms with Crippen molar-refractivity contribution in [2.45, 2.75) is 6.18 Å². The van der Waals surface area contributed by atoms with Gasteiger partial charge in [-0.25, -0.2) is 0 Å². The maximum atomic E-state index is 12.2. The molecule has 0 aromatic heterocycles. The van der Waals surface area contributed by atoms with E-state index in [1.165, 1.54) is 7.05 Å². The van der Waals surface area contributed by atoms with Crippen molar-refractivity contribution in [1.29, 1.82) is 0 Å². The topological polar surface area (TPSA) is 62.9 Å². The second-order valence-corrected chi connectivity index (χ2v) is 5.69. The number of ether oxygens (including phenoxy) is 1. The molecule has 0 bridgehead atoms. The van der Waals surface area contributed by atoms with Gasteiger partial charge < -0.3 is 15.8 Å². The lowest BCUT2D eigenvalue weighted by Crippen LogP contribution is -2.33. The quantitative estimate of drug-likeness (QED) is 0.342. The molecule has 3 N–H and O–H groups in total. The van der Waals surface area contributed by atoms with Crippen LogP contribution in [0.3, 0.4) is 0 Å². The third kappa shape index (κ3) is 9.48. The number of halogens is 4. The van der Waals surface area contributed by atoms with Gasteiger partial charge in [0.2, 0.25) is 0 Å². The summed E-state index contributed by atoms with van der Waals surface area (Å²) in [6.07, 6.45) is -4.22. The molecular weight excluding hydrogens is 472 g/mol. The van der Waals surface area contributed by atoms with Gasteiger partial charge in [0.1, 0.15) is 11.5 Å². The van der Waals surface area contributed by atoms with E-state index in [1.54, 1.807) is 24.3 Å². The van der Waals surface area contributed by atoms with Gasteiger partial charge in [0.05, 0.1) is 13.1 Å². The molecule has 0 fully saturated rings. The number of nitrogens with zero attached hydrogens (tertiary/aromatic N) is 2. The minimum Gasteiger partial charge on any atom is -0.457 e. The Labute approximate surface area is 173 Å². The number of benzene rings is 2. The van der Waals surface area contributed by atoms with E-state index >= 15 is 0 Å². The monoisotopic (exact) mass is 494 g/mol. The Bertz CT molecular complexity index is 726. The third-order valence-corrected chi connectivity index (χ3v) is 3.30. The molecule has 0 aliphatic carbocycles. The zero-order valence-electron chi connectivity index (χ0n) is 14.7. The summed E-state index contributed by atoms with van der Waals surface area (Å²) in [4.78, 5) is 5.18. The SMILES string of the molecule is CN(CCN=C(N)Nc1cccc(Oc2ccccc2)c1)CC(F)(F)F.I. The molecule has 0 atom stereocenters. The lowest BCUT2D eigenvalue weighted by Gasteiger charge is -2.17. The Morgan fingerprint density at radius 1 is 1.11 bits per heavy atom. The summed E-state index contributed by atoms with van der Waals surface area (Å²) in [6.45, 7) is -0.667. The summed E-state index contributed by atoms with van der Waals surface area (Å²) in [7, 11) is 1.39. The van der Waals surface area contributed by atoms with Gasteiger partial charge in [0.15, 0.2) is 5.96 Å². The highest BCUT2D eigenvalue weighted by molar-refractivity contribution is 14.0. The highest BCUT2D eigenvalue weighted by Crippen LogP contribution is 2.23. The Balaban J connectivity index is 0.00000364. The molecule has 27 heavy (non-hydrogen) atoms. The van der Waals surface area contributed by atoms with Gasteiger partial charge in [-0.15, -0.1) is 24.0 Å². The molecule has 0 radical (unpaired) electrons. The molecule has 0 unspecified atom stereocenters. The Hall–Kier alpha value is -2.01. The van der Waals surface area contributed by atoms with Crippen LogP contribution in [0.25, 0.3) is 0 Å². The van der Waals surface area contributed by atoms with Crippen LogP contribution in [0.5, 0.6) is 11.5 Å². The van der Waals surface area contributed by atoms with Gasteiger partial charge in [-0.05, 0) is 31.3 Å². The van der Waals surface area contributed by atoms with Gasteiger partial charge >= 0.3 is 6.18 Å². The van der Waals surface area contributed by atoms with E-state index in [0.717, 1.165) is 4.90 Å². The summed E-state index contributed by atoms with van der Waals surface area (Å²) >= 11 is 0. The minimum absolute atomic E-state index is 0. The maximum Gasteiger partial charge on any atom is 0.401 e. The molecule has 0 aliphatic rings. The number of aliphatic imine (C=N–C) groups is 1. The molecule has 9 heteroatoms. The number of hydrogen-bond acceptors (Lipinski definition) is 3. The average Bonchev–Trinajstić information content (AvgIpc) is 2.54. The zero-order chi connectivity index (χ0) is 19.0. The minimum atomic E-state index is -4.22. The van der Waals surface area contributed by atoms with Crippen molar-refractivity contribution in [3.63, 3.8) is 0 Å². The summed E-state index contributed by atoms with van der Waals surface area (Å²) in [5.41, 5.74) is 6.45. The first kappa shape index (κ1) is 23.0. The summed E-state index contributed by atoms with van der Waals surface area (Å²) in [5.74, 6) is 1.46. The first-order valence-corrected chi connectivity index (χ1v) is 7.97. The van der Waals surface area contributed by atoms with Gasteiger partial charge in [-0.1, -0.05) is 24.3 Å². The van der Waals surface area contributed by atoms with E-state index < -0.39 is 12.7 Å². The lowest BCUT2D eigenvalue weighted by molar-refractivity contribution is -0.142. The van der Waals surface area contributed by atoms with Crippen molar-refractivity contribution in [2.24, 2.45) is 10.7 Å². The molecule has 2 rings (SSSR count). The normalized spacial score (nSPS) is 11.8. The highest BCUT2D eigenvalue weighted by atomic mass is 127. The lowest BCUT2D eigenvalue weighted by atomic mass is 10.3. The predicted molar refractivity (Wildman–Crippen MR) is 112 cm³/mol. The van der Waals surface area contributed by atoms with Gasteiger partial charge in [0, 0.05) is 18.3 Å². The van der Waals surface area contributed by atoms with Gasteiger partial charge in [0.25, 0.3) is 0 Å². The number of anilines is 1. The Morgan fingerprint density at radius 2 is 1.78 bits per heavy atom. The number of guanidine groups is 1. The fourth-order valence-electron chi connectivity index (χ4n) is 2.18. The molecule has 0 spiro atoms. The number of hydrogen-bond donors (Lipinski definition) is 2. The van der Waals surface area contributed by atoms with Crippen molar-refractivity contribution in [3.8, 4) is 11.5 Å². The molecule has 0 saturated heterocycles. The van der Waals surface area contributed by atoms with E-state index in [9.17, 15) is 13.2 Å². The van der Waals surface area contributed by atoms with Crippen LogP contribution in [0.2, 0.25) is 0 Å². The number of likely N-dealkylation sites (N-methyl/N-ethyl adjacent to an activating group) is 1. The van der Waals surface area contributed by atoms with Crippen LogP contribution in [-0.2, 0) is 0 Å². The summed E-state index contributed by atoms with van der Waals surface area (Å²) in [6, 6.07) is 16.5. The first-order chi connectivity index (χ1) is 12.3. The first-order valence-electron chi connectivity index (χ1n) is 7.97. The Kier molecular flexibility index (Phi) is 9.36. The standard InChI is InChI=1S/C18H21F3N4O.HI/c1-25(13-18(19,20)21)11-10-23-17(22)24-14-6-5-9-16(12-14)26-15-7-3-2-4-8-15;/h2-9,12H,10-11,13H2,1H3,(H3,22,23,24);1H. The van der Waals surface area contributed by atoms with Crippen molar-refractivity contribution >= 4 is 35.6 Å². The molecule has 0 aliphatic heterocycles. The number of rotatable bonds is 7. The second kappa shape index (κ2) is 11.0. The molecule has 2 aromatic rings. The number of nitrogens with two attached hydrogens (primary N) is 1. The van der Waals surface area contributed by atoms with Gasteiger partial charge in [-0.3, -0.25) is 9.89 Å². The van der Waals surface area contributed by atoms with Crippen LogP contribution in [0, 0.1) is 0 Å². The largest absolute Gasteiger partial charge is 0.457 e. The van der Waals surface area contributed by atoms with Crippen molar-refractivity contribution < 1.29 is 17.9 Å². The van der Waals surface area contributed by atoms with E-state index in [-0.39, 0.29) is 43.0 Å². The number of nitrogens with one attached hydrogen (secondary N) is 1. The Morgan fingerprint density at radius 3 is 2.44 bits per heavy atom. The van der Waals surface area contributed by atoms with Crippen LogP contribution in [0.1, 0.15) is 0 Å². The number of alkyl halides is 3. The van der Waals surface area contributed by atoms with Crippen LogP contribution in [0.4, 0.5) is 18.9 Å². The van der Waals surface area contributed by atoms with Crippen molar-refractivity contribution in [3.05, 3.63) is 54.6 Å². The molecule has 0 amide bonds. The smallest absolute Gasteiger partial charge is 0.401 e. The van der Waals surface area contributed by atoms with E-state index in [0.29, 0.717) is 17.2 Å². The van der Waals surface area contributed by atoms with Crippen molar-refractivity contribution in [1.82, 2.24) is 4.90 Å². The maximum absolute atomic E-state index is 12.2. The van der Waals surface area contributed by atoms with Crippen LogP contribution >= 0.6 is 24.0 Å². The van der Waals surface area contributed by atoms with Crippen LogP contribution < -0.4 is 15.8 Å². The molecule has 0 saturated carbocycles.